The van der Waals surface area contributed by atoms with Crippen molar-refractivity contribution >= 4 is 61.9 Å². The summed E-state index contributed by atoms with van der Waals surface area (Å²) in [5.74, 6) is 1.68. The van der Waals surface area contributed by atoms with E-state index in [-0.39, 0.29) is 5.91 Å². The first-order valence-corrected chi connectivity index (χ1v) is 11.3. The van der Waals surface area contributed by atoms with Crippen LogP contribution < -0.4 is 14.4 Å². The van der Waals surface area contributed by atoms with Crippen molar-refractivity contribution in [2.75, 3.05) is 18.1 Å². The molecule has 0 radical (unpaired) electrons. The Kier molecular flexibility index (Phi) is 7.38. The zero-order valence-electron chi connectivity index (χ0n) is 16.5. The summed E-state index contributed by atoms with van der Waals surface area (Å²) in [6.45, 7) is 7.28. The van der Waals surface area contributed by atoms with Gasteiger partial charge in [-0.2, -0.15) is 0 Å². The van der Waals surface area contributed by atoms with Gasteiger partial charge in [-0.1, -0.05) is 59.8 Å². The van der Waals surface area contributed by atoms with Gasteiger partial charge in [0.05, 0.1) is 23.8 Å². The molecule has 1 heterocycles. The molecule has 152 valence electrons. The minimum absolute atomic E-state index is 0.125. The van der Waals surface area contributed by atoms with Gasteiger partial charge in [0.25, 0.3) is 5.91 Å². The van der Waals surface area contributed by atoms with Crippen molar-refractivity contribution < 1.29 is 14.3 Å². The highest BCUT2D eigenvalue weighted by atomic mass is 79.9. The van der Waals surface area contributed by atoms with Gasteiger partial charge >= 0.3 is 0 Å². The molecule has 1 aliphatic rings. The first-order chi connectivity index (χ1) is 13.9. The third kappa shape index (κ3) is 5.41. The molecule has 0 atom stereocenters. The Morgan fingerprint density at radius 3 is 2.52 bits per heavy atom. The molecule has 1 aliphatic heterocycles. The molecule has 1 saturated heterocycles. The van der Waals surface area contributed by atoms with E-state index in [1.807, 2.05) is 55.5 Å². The number of carbonyl (C=O) groups excluding carboxylic acids is 1. The summed E-state index contributed by atoms with van der Waals surface area (Å²) in [6, 6.07) is 13.2. The van der Waals surface area contributed by atoms with Crippen molar-refractivity contribution in [1.29, 1.82) is 0 Å². The number of hydrogen-bond donors (Lipinski definition) is 0. The molecule has 29 heavy (non-hydrogen) atoms. The molecule has 0 aromatic heterocycles. The summed E-state index contributed by atoms with van der Waals surface area (Å²) in [5.41, 5.74) is 1.62. The van der Waals surface area contributed by atoms with E-state index in [2.05, 4.69) is 29.8 Å². The number of carbonyl (C=O) groups is 1. The van der Waals surface area contributed by atoms with Gasteiger partial charge in [0, 0.05) is 4.47 Å². The Hall–Kier alpha value is -1.83. The summed E-state index contributed by atoms with van der Waals surface area (Å²) in [6.07, 6.45) is 1.84. The lowest BCUT2D eigenvalue weighted by atomic mass is 10.1. The van der Waals surface area contributed by atoms with Crippen LogP contribution in [0, 0.1) is 5.92 Å². The average Bonchev–Trinajstić information content (AvgIpc) is 2.95. The largest absolute Gasteiger partial charge is 0.490 e. The molecule has 0 N–H and O–H groups in total. The number of thioether (sulfide) groups is 1. The molecule has 1 fully saturated rings. The number of anilines is 1. The number of nitrogens with zero attached hydrogens (tertiary/aromatic N) is 1. The molecule has 2 aromatic rings. The third-order valence-electron chi connectivity index (χ3n) is 4.02. The fourth-order valence-corrected chi connectivity index (χ4v) is 4.25. The predicted octanol–water partition coefficient (Wildman–Crippen LogP) is 6.29. The molecule has 1 amide bonds. The van der Waals surface area contributed by atoms with Crippen molar-refractivity contribution in [1.82, 2.24) is 0 Å². The normalized spacial score (nSPS) is 15.5. The zero-order chi connectivity index (χ0) is 21.0. The van der Waals surface area contributed by atoms with Crippen molar-refractivity contribution in [3.63, 3.8) is 0 Å². The summed E-state index contributed by atoms with van der Waals surface area (Å²) in [4.78, 5) is 15.1. The number of rotatable bonds is 7. The number of halogens is 1. The summed E-state index contributed by atoms with van der Waals surface area (Å²) in [7, 11) is 0. The Balaban J connectivity index is 1.85. The second-order valence-corrected chi connectivity index (χ2v) is 9.43. The smallest absolute Gasteiger partial charge is 0.270 e. The highest BCUT2D eigenvalue weighted by molar-refractivity contribution is 9.10. The molecule has 0 aliphatic carbocycles. The maximum Gasteiger partial charge on any atom is 0.270 e. The van der Waals surface area contributed by atoms with Crippen LogP contribution in [0.5, 0.6) is 11.5 Å². The first kappa shape index (κ1) is 21.9. The quantitative estimate of drug-likeness (QED) is 0.336. The molecule has 3 rings (SSSR count). The second kappa shape index (κ2) is 9.78. The Morgan fingerprint density at radius 2 is 1.86 bits per heavy atom. The number of ether oxygens (including phenoxy) is 2. The maximum absolute atomic E-state index is 12.9. The second-order valence-electron chi connectivity index (χ2n) is 6.84. The fraction of sp³-hybridized carbons (Fsp3) is 0.273. The van der Waals surface area contributed by atoms with Crippen LogP contribution in [0.2, 0.25) is 0 Å². The molecule has 0 saturated carbocycles. The maximum atomic E-state index is 12.9. The monoisotopic (exact) mass is 491 g/mol. The number of thiocarbonyl (C=S) groups is 1. The van der Waals surface area contributed by atoms with E-state index in [0.29, 0.717) is 39.9 Å². The van der Waals surface area contributed by atoms with E-state index in [0.717, 1.165) is 15.7 Å². The SMILES string of the molecule is CCOc1cc(/C=C2\SC(=S)N(c3ccc(Br)cc3)C2=O)ccc1OCC(C)C. The molecular weight excluding hydrogens is 470 g/mol. The van der Waals surface area contributed by atoms with Gasteiger partial charge in [-0.25, -0.2) is 0 Å². The fourth-order valence-electron chi connectivity index (χ4n) is 2.69. The molecule has 0 spiro atoms. The number of amides is 1. The van der Waals surface area contributed by atoms with Crippen molar-refractivity contribution in [3.8, 4) is 11.5 Å². The molecule has 7 heteroatoms. The first-order valence-electron chi connectivity index (χ1n) is 9.32. The van der Waals surface area contributed by atoms with Crippen LogP contribution in [0.4, 0.5) is 5.69 Å². The van der Waals surface area contributed by atoms with Crippen LogP contribution in [0.25, 0.3) is 6.08 Å². The van der Waals surface area contributed by atoms with Crippen molar-refractivity contribution in [2.45, 2.75) is 20.8 Å². The summed E-state index contributed by atoms with van der Waals surface area (Å²) in [5, 5.41) is 0. The van der Waals surface area contributed by atoms with E-state index in [4.69, 9.17) is 21.7 Å². The standard InChI is InChI=1S/C22H22BrNO3S2/c1-4-26-19-11-15(5-10-18(19)27-13-14(2)3)12-20-21(25)24(22(28)29-20)17-8-6-16(23)7-9-17/h5-12,14H,4,13H2,1-3H3/b20-12-. The summed E-state index contributed by atoms with van der Waals surface area (Å²) >= 11 is 10.2. The van der Waals surface area contributed by atoms with Crippen LogP contribution in [0.15, 0.2) is 51.8 Å². The lowest BCUT2D eigenvalue weighted by Crippen LogP contribution is -2.27. The zero-order valence-corrected chi connectivity index (χ0v) is 19.7. The van der Waals surface area contributed by atoms with Crippen molar-refractivity contribution in [2.24, 2.45) is 5.92 Å². The van der Waals surface area contributed by atoms with E-state index in [9.17, 15) is 4.79 Å². The van der Waals surface area contributed by atoms with Gasteiger partial charge in [-0.15, -0.1) is 0 Å². The van der Waals surface area contributed by atoms with E-state index >= 15 is 0 Å². The van der Waals surface area contributed by atoms with Gasteiger partial charge in [0.15, 0.2) is 15.8 Å². The molecule has 0 unspecified atom stereocenters. The van der Waals surface area contributed by atoms with Crippen molar-refractivity contribution in [3.05, 3.63) is 57.4 Å². The van der Waals surface area contributed by atoms with E-state index in [1.54, 1.807) is 4.90 Å². The van der Waals surface area contributed by atoms with Gasteiger partial charge in [0.1, 0.15) is 0 Å². The Labute approximate surface area is 189 Å². The van der Waals surface area contributed by atoms with Gasteiger partial charge in [0.2, 0.25) is 0 Å². The minimum Gasteiger partial charge on any atom is -0.490 e. The van der Waals surface area contributed by atoms with E-state index in [1.165, 1.54) is 11.8 Å². The third-order valence-corrected chi connectivity index (χ3v) is 5.85. The van der Waals surface area contributed by atoms with E-state index < -0.39 is 0 Å². The van der Waals surface area contributed by atoms with Crippen LogP contribution >= 0.6 is 39.9 Å². The van der Waals surface area contributed by atoms with Gasteiger partial charge in [-0.3, -0.25) is 9.69 Å². The Bertz CT molecular complexity index is 942. The topological polar surface area (TPSA) is 38.8 Å². The predicted molar refractivity (Wildman–Crippen MR) is 128 cm³/mol. The van der Waals surface area contributed by atoms with Crippen LogP contribution in [0.1, 0.15) is 26.3 Å². The molecule has 4 nitrogen and oxygen atoms in total. The summed E-state index contributed by atoms with van der Waals surface area (Å²) < 4.78 is 13.1. The van der Waals surface area contributed by atoms with Gasteiger partial charge < -0.3 is 9.47 Å². The number of benzene rings is 2. The number of hydrogen-bond acceptors (Lipinski definition) is 5. The highest BCUT2D eigenvalue weighted by Crippen LogP contribution is 2.37. The minimum atomic E-state index is -0.125. The van der Waals surface area contributed by atoms with Crippen LogP contribution in [0.3, 0.4) is 0 Å². The molecular formula is C22H22BrNO3S2. The lowest BCUT2D eigenvalue weighted by molar-refractivity contribution is -0.113. The van der Waals surface area contributed by atoms with Crippen LogP contribution in [-0.2, 0) is 4.79 Å². The molecule has 0 bridgehead atoms. The lowest BCUT2D eigenvalue weighted by Gasteiger charge is -2.14. The molecule has 2 aromatic carbocycles. The van der Waals surface area contributed by atoms with Gasteiger partial charge in [-0.05, 0) is 60.9 Å². The Morgan fingerprint density at radius 1 is 1.14 bits per heavy atom. The average molecular weight is 492 g/mol. The van der Waals surface area contributed by atoms with Crippen LogP contribution in [-0.4, -0.2) is 23.4 Å². The highest BCUT2D eigenvalue weighted by Gasteiger charge is 2.33.